The Bertz CT molecular complexity index is 616. The van der Waals surface area contributed by atoms with Crippen LogP contribution < -0.4 is 15.2 Å². The molecule has 0 aliphatic heterocycles. The molecule has 0 saturated carbocycles. The zero-order valence-corrected chi connectivity index (χ0v) is 15.8. The molecule has 2 rings (SSSR count). The summed E-state index contributed by atoms with van der Waals surface area (Å²) < 4.78 is 13.3. The average molecular weight is 435 g/mol. The SMILES string of the molecule is CCOc1cc(Br)c(C(N)c2ccc(Br)s2)cc1OCC. The van der Waals surface area contributed by atoms with Crippen LogP contribution in [0, 0.1) is 0 Å². The average Bonchev–Trinajstić information content (AvgIpc) is 2.88. The Labute approximate surface area is 145 Å². The number of thiophene rings is 1. The van der Waals surface area contributed by atoms with E-state index in [9.17, 15) is 0 Å². The third-order valence-corrected chi connectivity index (χ3v) is 5.29. The van der Waals surface area contributed by atoms with Crippen molar-refractivity contribution in [1.29, 1.82) is 0 Å². The number of hydrogen-bond acceptors (Lipinski definition) is 4. The van der Waals surface area contributed by atoms with E-state index in [-0.39, 0.29) is 6.04 Å². The summed E-state index contributed by atoms with van der Waals surface area (Å²) in [4.78, 5) is 1.09. The van der Waals surface area contributed by atoms with E-state index in [2.05, 4.69) is 31.9 Å². The zero-order chi connectivity index (χ0) is 15.4. The second kappa shape index (κ2) is 7.63. The summed E-state index contributed by atoms with van der Waals surface area (Å²) in [6.45, 7) is 5.08. The standard InChI is InChI=1S/C15H17Br2NO2S/c1-3-19-11-7-9(10(16)8-12(11)20-4-2)15(18)13-5-6-14(17)21-13/h5-8,15H,3-4,18H2,1-2H3. The van der Waals surface area contributed by atoms with Crippen molar-refractivity contribution in [2.45, 2.75) is 19.9 Å². The van der Waals surface area contributed by atoms with E-state index in [0.29, 0.717) is 13.2 Å². The normalized spacial score (nSPS) is 12.2. The van der Waals surface area contributed by atoms with E-state index in [0.717, 1.165) is 30.2 Å². The van der Waals surface area contributed by atoms with Crippen molar-refractivity contribution >= 4 is 43.2 Å². The topological polar surface area (TPSA) is 44.5 Å². The molecule has 1 atom stereocenters. The first-order valence-electron chi connectivity index (χ1n) is 6.66. The number of benzene rings is 1. The molecule has 6 heteroatoms. The smallest absolute Gasteiger partial charge is 0.162 e. The molecule has 3 nitrogen and oxygen atoms in total. The Morgan fingerprint density at radius 2 is 1.71 bits per heavy atom. The van der Waals surface area contributed by atoms with Crippen LogP contribution in [0.3, 0.4) is 0 Å². The molecule has 0 aliphatic rings. The second-order valence-electron chi connectivity index (χ2n) is 4.31. The monoisotopic (exact) mass is 433 g/mol. The summed E-state index contributed by atoms with van der Waals surface area (Å²) in [7, 11) is 0. The summed E-state index contributed by atoms with van der Waals surface area (Å²) in [5.74, 6) is 1.46. The van der Waals surface area contributed by atoms with E-state index >= 15 is 0 Å². The van der Waals surface area contributed by atoms with E-state index in [1.165, 1.54) is 0 Å². The maximum atomic E-state index is 6.38. The van der Waals surface area contributed by atoms with Gasteiger partial charge in [-0.25, -0.2) is 0 Å². The highest BCUT2D eigenvalue weighted by Gasteiger charge is 2.18. The van der Waals surface area contributed by atoms with Crippen LogP contribution in [0.25, 0.3) is 0 Å². The van der Waals surface area contributed by atoms with Gasteiger partial charge >= 0.3 is 0 Å². The van der Waals surface area contributed by atoms with Gasteiger partial charge in [-0.2, -0.15) is 0 Å². The molecule has 0 fully saturated rings. The predicted octanol–water partition coefficient (Wildman–Crippen LogP) is 5.12. The molecule has 0 spiro atoms. The van der Waals surface area contributed by atoms with E-state index in [4.69, 9.17) is 15.2 Å². The molecule has 0 amide bonds. The van der Waals surface area contributed by atoms with Crippen molar-refractivity contribution in [1.82, 2.24) is 0 Å². The molecule has 0 aliphatic carbocycles. The number of halogens is 2. The van der Waals surface area contributed by atoms with Crippen molar-refractivity contribution in [3.8, 4) is 11.5 Å². The Hall–Kier alpha value is -0.560. The van der Waals surface area contributed by atoms with Crippen LogP contribution in [0.1, 0.15) is 30.3 Å². The van der Waals surface area contributed by atoms with Gasteiger partial charge in [-0.15, -0.1) is 11.3 Å². The minimum Gasteiger partial charge on any atom is -0.490 e. The van der Waals surface area contributed by atoms with Crippen molar-refractivity contribution in [2.24, 2.45) is 5.73 Å². The van der Waals surface area contributed by atoms with Gasteiger partial charge < -0.3 is 15.2 Å². The van der Waals surface area contributed by atoms with Gasteiger partial charge in [0.2, 0.25) is 0 Å². The maximum absolute atomic E-state index is 6.38. The fourth-order valence-corrected chi connectivity index (χ4v) is 3.99. The van der Waals surface area contributed by atoms with Crippen LogP contribution in [-0.4, -0.2) is 13.2 Å². The van der Waals surface area contributed by atoms with Crippen LogP contribution in [0.5, 0.6) is 11.5 Å². The summed E-state index contributed by atoms with van der Waals surface area (Å²) in [6.07, 6.45) is 0. The van der Waals surface area contributed by atoms with Gasteiger partial charge in [-0.05, 0) is 59.6 Å². The quantitative estimate of drug-likeness (QED) is 0.686. The molecule has 0 radical (unpaired) electrons. The van der Waals surface area contributed by atoms with Gasteiger partial charge in [0.05, 0.1) is 23.0 Å². The Morgan fingerprint density at radius 3 is 2.24 bits per heavy atom. The van der Waals surface area contributed by atoms with Crippen molar-refractivity contribution in [3.63, 3.8) is 0 Å². The molecule has 21 heavy (non-hydrogen) atoms. The first kappa shape index (κ1) is 16.8. The molecule has 0 saturated heterocycles. The Balaban J connectivity index is 2.40. The van der Waals surface area contributed by atoms with Crippen LogP contribution in [-0.2, 0) is 0 Å². The number of hydrogen-bond donors (Lipinski definition) is 1. The van der Waals surface area contributed by atoms with Crippen molar-refractivity contribution < 1.29 is 9.47 Å². The van der Waals surface area contributed by atoms with E-state index in [1.54, 1.807) is 11.3 Å². The number of ether oxygens (including phenoxy) is 2. The lowest BCUT2D eigenvalue weighted by Crippen LogP contribution is -2.12. The zero-order valence-electron chi connectivity index (χ0n) is 11.9. The molecule has 2 N–H and O–H groups in total. The lowest BCUT2D eigenvalue weighted by atomic mass is 10.1. The minimum atomic E-state index is -0.203. The summed E-state index contributed by atoms with van der Waals surface area (Å²) in [5, 5.41) is 0. The van der Waals surface area contributed by atoms with Gasteiger partial charge in [0.1, 0.15) is 0 Å². The highest BCUT2D eigenvalue weighted by Crippen LogP contribution is 2.39. The van der Waals surface area contributed by atoms with E-state index < -0.39 is 0 Å². The number of rotatable bonds is 6. The highest BCUT2D eigenvalue weighted by atomic mass is 79.9. The minimum absolute atomic E-state index is 0.203. The van der Waals surface area contributed by atoms with Crippen LogP contribution in [0.2, 0.25) is 0 Å². The van der Waals surface area contributed by atoms with Crippen LogP contribution in [0.4, 0.5) is 0 Å². The first-order valence-corrected chi connectivity index (χ1v) is 9.06. The molecule has 1 heterocycles. The molecular formula is C15H17Br2NO2S. The first-order chi connectivity index (χ1) is 10.1. The fraction of sp³-hybridized carbons (Fsp3) is 0.333. The van der Waals surface area contributed by atoms with Gasteiger partial charge in [-0.3, -0.25) is 0 Å². The molecule has 1 aromatic heterocycles. The van der Waals surface area contributed by atoms with Gasteiger partial charge in [0.25, 0.3) is 0 Å². The maximum Gasteiger partial charge on any atom is 0.162 e. The summed E-state index contributed by atoms with van der Waals surface area (Å²) >= 11 is 8.69. The lowest BCUT2D eigenvalue weighted by molar-refractivity contribution is 0.287. The third-order valence-electron chi connectivity index (χ3n) is 2.90. The number of nitrogens with two attached hydrogens (primary N) is 1. The van der Waals surface area contributed by atoms with Crippen LogP contribution in [0.15, 0.2) is 32.5 Å². The largest absolute Gasteiger partial charge is 0.490 e. The molecule has 1 aromatic carbocycles. The molecule has 1 unspecified atom stereocenters. The second-order valence-corrected chi connectivity index (χ2v) is 7.65. The summed E-state index contributed by atoms with van der Waals surface area (Å²) in [5.41, 5.74) is 7.37. The fourth-order valence-electron chi connectivity index (χ4n) is 1.97. The van der Waals surface area contributed by atoms with Crippen molar-refractivity contribution in [2.75, 3.05) is 13.2 Å². The predicted molar refractivity (Wildman–Crippen MR) is 94.5 cm³/mol. The van der Waals surface area contributed by atoms with Crippen LogP contribution >= 0.6 is 43.2 Å². The highest BCUT2D eigenvalue weighted by molar-refractivity contribution is 9.11. The van der Waals surface area contributed by atoms with Gasteiger partial charge in [0.15, 0.2) is 11.5 Å². The van der Waals surface area contributed by atoms with Gasteiger partial charge in [-0.1, -0.05) is 15.9 Å². The lowest BCUT2D eigenvalue weighted by Gasteiger charge is -2.17. The third kappa shape index (κ3) is 4.00. The molecular weight excluding hydrogens is 418 g/mol. The molecule has 2 aromatic rings. The van der Waals surface area contributed by atoms with E-state index in [1.807, 2.05) is 38.1 Å². The Morgan fingerprint density at radius 1 is 1.10 bits per heavy atom. The molecule has 114 valence electrons. The molecule has 0 bridgehead atoms. The summed E-state index contributed by atoms with van der Waals surface area (Å²) in [6, 6.07) is 7.71. The Kier molecular flexibility index (Phi) is 6.10. The van der Waals surface area contributed by atoms with Crippen molar-refractivity contribution in [3.05, 3.63) is 43.0 Å². The van der Waals surface area contributed by atoms with Gasteiger partial charge in [0, 0.05) is 9.35 Å².